The number of benzene rings is 4. The molecule has 0 saturated carbocycles. The first-order valence-corrected chi connectivity index (χ1v) is 49.9. The molecule has 784 valence electrons. The fourth-order valence-electron chi connectivity index (χ4n) is 18.7. The number of rotatable bonds is 32. The highest BCUT2D eigenvalue weighted by molar-refractivity contribution is 7.99. The van der Waals surface area contributed by atoms with Crippen LogP contribution in [0.5, 0.6) is 46.0 Å². The fraction of sp³-hybridized carbons (Fsp3) is 0.583. The summed E-state index contributed by atoms with van der Waals surface area (Å²) in [5.41, 5.74) is -1.25. The molecule has 8 heterocycles. The highest BCUT2D eigenvalue weighted by Crippen LogP contribution is 2.60. The van der Waals surface area contributed by atoms with Crippen molar-refractivity contribution in [2.75, 3.05) is 53.6 Å². The van der Waals surface area contributed by atoms with Gasteiger partial charge in [0.05, 0.1) is 0 Å². The normalized spacial score (nSPS) is 27.5. The second kappa shape index (κ2) is 47.5. The van der Waals surface area contributed by atoms with Crippen molar-refractivity contribution < 1.29 is 209 Å². The van der Waals surface area contributed by atoms with Crippen LogP contribution in [0, 0.1) is 0 Å². The molecule has 48 heteroatoms. The van der Waals surface area contributed by atoms with Gasteiger partial charge in [-0.3, -0.25) is 76.7 Å². The fourth-order valence-corrected chi connectivity index (χ4v) is 23.5. The van der Waals surface area contributed by atoms with Crippen molar-refractivity contribution in [1.29, 1.82) is 0 Å². The second-order valence-corrected chi connectivity index (χ2v) is 39.1. The summed E-state index contributed by atoms with van der Waals surface area (Å²) in [5.74, 6) is -17.7. The summed E-state index contributed by atoms with van der Waals surface area (Å²) < 4.78 is 177. The molecule has 1 aliphatic carbocycles. The predicted octanol–water partition coefficient (Wildman–Crippen LogP) is 8.79. The van der Waals surface area contributed by atoms with Crippen molar-refractivity contribution in [3.05, 3.63) is 91.0 Å². The lowest BCUT2D eigenvalue weighted by Crippen LogP contribution is -2.61. The molecule has 0 spiro atoms. The lowest BCUT2D eigenvalue weighted by atomic mass is 9.78. The molecule has 4 aromatic rings. The molecule has 9 aliphatic rings. The van der Waals surface area contributed by atoms with Crippen LogP contribution in [0.2, 0.25) is 0 Å². The van der Waals surface area contributed by atoms with Crippen molar-refractivity contribution in [1.82, 2.24) is 0 Å². The molecule has 144 heavy (non-hydrogen) atoms. The summed E-state index contributed by atoms with van der Waals surface area (Å²) in [7, 11) is 0. The maximum absolute atomic E-state index is 13.5. The van der Waals surface area contributed by atoms with Gasteiger partial charge in [0.1, 0.15) is 119 Å². The first-order chi connectivity index (χ1) is 68.2. The van der Waals surface area contributed by atoms with E-state index in [4.69, 9.17) is 133 Å². The number of thioether (sulfide) groups is 4. The number of ether oxygens (including phenoxy) is 28. The van der Waals surface area contributed by atoms with Gasteiger partial charge in [-0.15, -0.1) is 47.0 Å². The van der Waals surface area contributed by atoms with E-state index in [2.05, 4.69) is 0 Å². The van der Waals surface area contributed by atoms with Crippen molar-refractivity contribution >= 4 is 143 Å². The molecule has 0 N–H and O–H groups in total. The minimum absolute atomic E-state index is 0.125. The SMILES string of the molecule is CC(=O)OCC1OC(SCc2c3c4cc5c2OCOc2c(cc6c(c2CSC2OC(COC(C)=O)C(OC(C)=O)C(OC(C)=O)C2OC(C)=O)OCOc2c(cc7c(c2CSC2OC(COC(C)=O)C(OC(C)=O)C(OC(C)=O)C2OC(C)=O)OCOc2c(cc(c(c2CSC2OC(COC(C)=O)C(OC(C)=O)C(OC(C)=O)C2OC(C)=O)OCO3)C4C)C7C)C6C)C5C)C(OC(C)=O)C(OC(C)=O)C1OC(C)=O. The van der Waals surface area contributed by atoms with Gasteiger partial charge in [-0.05, 0) is 24.3 Å². The number of hydrogen-bond donors (Lipinski definition) is 0. The number of esters is 16. The molecule has 20 unspecified atom stereocenters. The molecule has 4 saturated heterocycles. The number of hydrogen-bond acceptors (Lipinski definition) is 48. The zero-order valence-electron chi connectivity index (χ0n) is 82.2. The first kappa shape index (κ1) is 109. The minimum atomic E-state index is -1.62. The lowest BCUT2D eigenvalue weighted by molar-refractivity contribution is -0.237. The maximum atomic E-state index is 13.5. The molecule has 0 radical (unpaired) electrons. The van der Waals surface area contributed by atoms with E-state index >= 15 is 0 Å². The van der Waals surface area contributed by atoms with Gasteiger partial charge in [0, 0.05) is 224 Å². The Morgan fingerprint density at radius 1 is 0.215 bits per heavy atom. The van der Waals surface area contributed by atoms with E-state index in [-0.39, 0.29) is 91.3 Å². The Morgan fingerprint density at radius 2 is 0.354 bits per heavy atom. The molecule has 13 rings (SSSR count). The van der Waals surface area contributed by atoms with Crippen molar-refractivity contribution in [2.24, 2.45) is 0 Å². The molecule has 0 amide bonds. The molecule has 44 nitrogen and oxygen atoms in total. The van der Waals surface area contributed by atoms with Gasteiger partial charge in [-0.25, -0.2) is 0 Å². The average Bonchev–Trinajstić information content (AvgIpc) is 0.720. The van der Waals surface area contributed by atoms with Crippen molar-refractivity contribution in [3.63, 3.8) is 0 Å². The Bertz CT molecular complexity index is 4830. The lowest BCUT2D eigenvalue weighted by Gasteiger charge is -2.44. The third-order valence-corrected chi connectivity index (χ3v) is 28.9. The molecule has 20 atom stereocenters. The summed E-state index contributed by atoms with van der Waals surface area (Å²) in [5, 5.41) is 0. The Balaban J connectivity index is 1.09. The van der Waals surface area contributed by atoms with E-state index in [0.717, 1.165) is 158 Å². The van der Waals surface area contributed by atoms with Gasteiger partial charge in [-0.2, -0.15) is 0 Å². The monoisotopic (exact) mass is 2100 g/mol. The van der Waals surface area contributed by atoms with E-state index in [1.165, 1.54) is 0 Å². The van der Waals surface area contributed by atoms with Gasteiger partial charge >= 0.3 is 95.5 Å². The van der Waals surface area contributed by atoms with Crippen LogP contribution < -0.4 is 37.9 Å². The topological polar surface area (TPSA) is 532 Å². The van der Waals surface area contributed by atoms with E-state index in [0.29, 0.717) is 44.5 Å². The zero-order valence-corrected chi connectivity index (χ0v) is 85.5. The summed E-state index contributed by atoms with van der Waals surface area (Å²) in [6.07, 6.45) is -24.8. The first-order valence-electron chi connectivity index (χ1n) is 45.7. The molecule has 8 aliphatic heterocycles. The molecule has 4 aromatic carbocycles. The van der Waals surface area contributed by atoms with Crippen LogP contribution in [0.15, 0.2) is 24.3 Å². The Hall–Kier alpha value is -12.0. The van der Waals surface area contributed by atoms with Crippen molar-refractivity contribution in [3.8, 4) is 46.0 Å². The predicted molar refractivity (Wildman–Crippen MR) is 493 cm³/mol. The Kier molecular flexibility index (Phi) is 36.0. The van der Waals surface area contributed by atoms with Crippen LogP contribution in [0.3, 0.4) is 0 Å². The largest absolute Gasteiger partial charge is 0.463 e. The Morgan fingerprint density at radius 3 is 0.493 bits per heavy atom. The van der Waals surface area contributed by atoms with Crippen LogP contribution >= 0.6 is 47.0 Å². The molecular formula is C96H112O44S4. The quantitative estimate of drug-likeness (QED) is 0.0325. The highest BCUT2D eigenvalue weighted by atomic mass is 32.2. The van der Waals surface area contributed by atoms with Crippen LogP contribution in [0.1, 0.15) is 229 Å². The van der Waals surface area contributed by atoms with Crippen LogP contribution in [0.4, 0.5) is 0 Å². The number of carbonyl (C=O) groups is 16. The average molecular weight is 2100 g/mol. The molecule has 4 fully saturated rings. The third kappa shape index (κ3) is 25.4. The van der Waals surface area contributed by atoms with Gasteiger partial charge in [0.15, 0.2) is 73.2 Å². The molecular weight excluding hydrogens is 1990 g/mol. The number of carbonyl (C=O) groups excluding carboxylic acids is 16. The summed E-state index contributed by atoms with van der Waals surface area (Å²) in [4.78, 5) is 211. The van der Waals surface area contributed by atoms with Crippen LogP contribution in [-0.4, -0.2) is 269 Å². The van der Waals surface area contributed by atoms with Gasteiger partial charge in [0.2, 0.25) is 27.2 Å². The van der Waals surface area contributed by atoms with Gasteiger partial charge < -0.3 is 133 Å². The smallest absolute Gasteiger partial charge is 0.303 e. The highest BCUT2D eigenvalue weighted by Gasteiger charge is 2.59. The zero-order chi connectivity index (χ0) is 105. The van der Waals surface area contributed by atoms with Gasteiger partial charge in [0.25, 0.3) is 0 Å². The Labute approximate surface area is 842 Å². The molecule has 8 bridgehead atoms. The van der Waals surface area contributed by atoms with E-state index in [1.54, 1.807) is 0 Å². The summed E-state index contributed by atoms with van der Waals surface area (Å²) in [6, 6.07) is 7.55. The van der Waals surface area contributed by atoms with Crippen LogP contribution in [-0.2, 0) is 194 Å². The van der Waals surface area contributed by atoms with Gasteiger partial charge in [-0.1, -0.05) is 27.7 Å². The van der Waals surface area contributed by atoms with E-state index in [9.17, 15) is 76.7 Å². The standard InChI is InChI=1S/C96H112O44S4/c1-37-57-21-59-38(2)61-23-63-40(4)64-24-62-39(3)60-22-58(37)74-66(30-142-94-90(134-54(18)110)86(130-50(14)106)82(126-46(10)102)70(138-94)26-114-42(6)98)76(60)120-35-122-78(62)68(32-144-96-92(136-56(20)112)88(132-52(16)108)84(128-48(12)104)72(140-96)28-116-44(8)100)80(64)124-36-123-79(63)67(31-143-95-91(135-55(19)111)87(131-51(15)107)83(127-47(11)103)71(139-95)27-115-43(7)99)77(61)121-34-119-75(59)65(73(57)117-33-118-74)29-141-93-89(133-53(17)109)85(129-49(13)105)81(125-45(9)101)69(137-93)25-113-41(5)97/h21-24,37-40,69-72,81-96H,25-36H2,1-20H3. The van der Waals surface area contributed by atoms with Crippen molar-refractivity contribution in [2.45, 2.75) is 305 Å². The summed E-state index contributed by atoms with van der Waals surface area (Å²) in [6.45, 7) is 20.0. The molecule has 0 aromatic heterocycles. The van der Waals surface area contributed by atoms with Crippen LogP contribution in [0.25, 0.3) is 0 Å². The maximum Gasteiger partial charge on any atom is 0.303 e. The summed E-state index contributed by atoms with van der Waals surface area (Å²) >= 11 is 3.90. The van der Waals surface area contributed by atoms with E-state index in [1.807, 2.05) is 52.0 Å². The van der Waals surface area contributed by atoms with E-state index < -0.39 is 292 Å². The third-order valence-electron chi connectivity index (χ3n) is 24.3. The minimum Gasteiger partial charge on any atom is -0.463 e. The second-order valence-electron chi connectivity index (χ2n) is 34.8.